The molecule has 0 spiro atoms. The summed E-state index contributed by atoms with van der Waals surface area (Å²) in [4.78, 5) is 24.0. The van der Waals surface area contributed by atoms with Crippen LogP contribution >= 0.6 is 0 Å². The van der Waals surface area contributed by atoms with E-state index in [1.807, 2.05) is 0 Å². The van der Waals surface area contributed by atoms with E-state index < -0.39 is 31.4 Å². The van der Waals surface area contributed by atoms with E-state index in [1.54, 1.807) is 13.8 Å². The number of amides is 1. The second kappa shape index (κ2) is 6.31. The molecule has 7 heteroatoms. The Morgan fingerprint density at radius 2 is 2.05 bits per heavy atom. The summed E-state index contributed by atoms with van der Waals surface area (Å²) in [6, 6.07) is 2.55. The highest BCUT2D eigenvalue weighted by molar-refractivity contribution is 5.94. The maximum absolute atomic E-state index is 12.4. The number of aromatic nitrogens is 1. The van der Waals surface area contributed by atoms with Gasteiger partial charge in [0.2, 0.25) is 0 Å². The van der Waals surface area contributed by atoms with E-state index in [0.717, 1.165) is 9.47 Å². The molecule has 0 saturated heterocycles. The Bertz CT molecular complexity index is 458. The van der Waals surface area contributed by atoms with E-state index in [4.69, 9.17) is 5.11 Å². The number of carbonyl (C=O) groups is 2. The van der Waals surface area contributed by atoms with Crippen molar-refractivity contribution in [3.63, 3.8) is 0 Å². The molecule has 1 rings (SSSR count). The lowest BCUT2D eigenvalue weighted by Gasteiger charge is -2.25. The number of hydrogen-bond donors (Lipinski definition) is 1. The Labute approximate surface area is 109 Å². The van der Waals surface area contributed by atoms with Crippen LogP contribution in [0.4, 0.5) is 8.78 Å². The van der Waals surface area contributed by atoms with Gasteiger partial charge < -0.3 is 14.6 Å². The quantitative estimate of drug-likeness (QED) is 0.858. The van der Waals surface area contributed by atoms with Crippen molar-refractivity contribution < 1.29 is 23.5 Å². The van der Waals surface area contributed by atoms with E-state index in [-0.39, 0.29) is 11.7 Å². The number of hydrogen-bond acceptors (Lipinski definition) is 2. The summed E-state index contributed by atoms with van der Waals surface area (Å²) >= 11 is 0. The zero-order chi connectivity index (χ0) is 14.6. The number of halogens is 2. The van der Waals surface area contributed by atoms with Gasteiger partial charge in [0.15, 0.2) is 0 Å². The molecule has 0 aromatic carbocycles. The Morgan fingerprint density at radius 1 is 1.42 bits per heavy atom. The fourth-order valence-corrected chi connectivity index (χ4v) is 1.70. The number of carbonyl (C=O) groups excluding carboxylic acids is 1. The smallest absolute Gasteiger partial charge is 0.323 e. The lowest BCUT2D eigenvalue weighted by atomic mass is 10.2. The van der Waals surface area contributed by atoms with Gasteiger partial charge in [0.1, 0.15) is 12.2 Å². The summed E-state index contributed by atoms with van der Waals surface area (Å²) in [7, 11) is 0. The molecule has 0 saturated carbocycles. The van der Waals surface area contributed by atoms with Crippen molar-refractivity contribution in [3.05, 3.63) is 24.0 Å². The molecule has 1 aromatic heterocycles. The number of nitrogens with zero attached hydrogens (tertiary/aromatic N) is 2. The van der Waals surface area contributed by atoms with Crippen molar-refractivity contribution in [1.29, 1.82) is 0 Å². The van der Waals surface area contributed by atoms with Crippen LogP contribution in [0.1, 0.15) is 24.3 Å². The summed E-state index contributed by atoms with van der Waals surface area (Å²) in [5.41, 5.74) is 0.0650. The van der Waals surface area contributed by atoms with Crippen LogP contribution in [-0.2, 0) is 11.3 Å². The van der Waals surface area contributed by atoms with Gasteiger partial charge in [-0.2, -0.15) is 0 Å². The lowest BCUT2D eigenvalue weighted by Crippen LogP contribution is -2.41. The highest BCUT2D eigenvalue weighted by Gasteiger charge is 2.24. The molecule has 1 heterocycles. The second-order valence-electron chi connectivity index (χ2n) is 4.36. The number of aliphatic carboxylic acids is 1. The first kappa shape index (κ1) is 15.1. The molecular formula is C12H16F2N2O3. The van der Waals surface area contributed by atoms with Crippen LogP contribution in [0.3, 0.4) is 0 Å². The molecule has 0 unspecified atom stereocenters. The SMILES string of the molecule is CC(C)N(CC(=O)O)C(=O)c1cccn1CC(F)F. The molecule has 19 heavy (non-hydrogen) atoms. The normalized spacial score (nSPS) is 11.1. The van der Waals surface area contributed by atoms with Gasteiger partial charge >= 0.3 is 5.97 Å². The van der Waals surface area contributed by atoms with Crippen molar-refractivity contribution >= 4 is 11.9 Å². The summed E-state index contributed by atoms with van der Waals surface area (Å²) < 4.78 is 25.9. The minimum Gasteiger partial charge on any atom is -0.480 e. The predicted octanol–water partition coefficient (Wildman–Crippen LogP) is 1.69. The Balaban J connectivity index is 2.96. The van der Waals surface area contributed by atoms with Crippen molar-refractivity contribution in [3.8, 4) is 0 Å². The zero-order valence-corrected chi connectivity index (χ0v) is 10.7. The van der Waals surface area contributed by atoms with Crippen molar-refractivity contribution in [2.75, 3.05) is 6.54 Å². The molecule has 0 fully saturated rings. The minimum absolute atomic E-state index is 0.0650. The van der Waals surface area contributed by atoms with E-state index in [9.17, 15) is 18.4 Å². The second-order valence-corrected chi connectivity index (χ2v) is 4.36. The number of alkyl halides is 2. The largest absolute Gasteiger partial charge is 0.480 e. The van der Waals surface area contributed by atoms with Crippen LogP contribution in [-0.4, -0.2) is 45.5 Å². The van der Waals surface area contributed by atoms with E-state index >= 15 is 0 Å². The van der Waals surface area contributed by atoms with E-state index in [2.05, 4.69) is 0 Å². The first-order valence-electron chi connectivity index (χ1n) is 5.79. The van der Waals surface area contributed by atoms with Crippen LogP contribution in [0.25, 0.3) is 0 Å². The summed E-state index contributed by atoms with van der Waals surface area (Å²) in [5, 5.41) is 8.77. The van der Waals surface area contributed by atoms with Gasteiger partial charge in [-0.1, -0.05) is 0 Å². The van der Waals surface area contributed by atoms with Gasteiger partial charge in [0.05, 0.1) is 6.54 Å². The first-order chi connectivity index (χ1) is 8.82. The molecule has 0 aliphatic heterocycles. The van der Waals surface area contributed by atoms with Crippen molar-refractivity contribution in [2.45, 2.75) is 32.9 Å². The Hall–Kier alpha value is -1.92. The summed E-state index contributed by atoms with van der Waals surface area (Å²) in [6.07, 6.45) is -1.20. The monoisotopic (exact) mass is 274 g/mol. The molecule has 1 amide bonds. The maximum atomic E-state index is 12.4. The standard InChI is InChI=1S/C12H16F2N2O3/c1-8(2)16(7-11(17)18)12(19)9-4-3-5-15(9)6-10(13)14/h3-5,8,10H,6-7H2,1-2H3,(H,17,18). The van der Waals surface area contributed by atoms with E-state index in [1.165, 1.54) is 18.3 Å². The van der Waals surface area contributed by atoms with Gasteiger partial charge in [0, 0.05) is 12.2 Å². The molecule has 1 N–H and O–H groups in total. The fourth-order valence-electron chi connectivity index (χ4n) is 1.70. The molecule has 1 aromatic rings. The van der Waals surface area contributed by atoms with Crippen LogP contribution in [0, 0.1) is 0 Å². The fraction of sp³-hybridized carbons (Fsp3) is 0.500. The third-order valence-corrected chi connectivity index (χ3v) is 2.57. The maximum Gasteiger partial charge on any atom is 0.323 e. The van der Waals surface area contributed by atoms with E-state index in [0.29, 0.717) is 0 Å². The number of carboxylic acid groups (broad SMARTS) is 1. The average molecular weight is 274 g/mol. The van der Waals surface area contributed by atoms with Crippen molar-refractivity contribution in [2.24, 2.45) is 0 Å². The highest BCUT2D eigenvalue weighted by Crippen LogP contribution is 2.11. The van der Waals surface area contributed by atoms with Gasteiger partial charge in [-0.15, -0.1) is 0 Å². The van der Waals surface area contributed by atoms with Crippen LogP contribution in [0.15, 0.2) is 18.3 Å². The lowest BCUT2D eigenvalue weighted by molar-refractivity contribution is -0.138. The molecule has 5 nitrogen and oxygen atoms in total. The highest BCUT2D eigenvalue weighted by atomic mass is 19.3. The average Bonchev–Trinajstić information content (AvgIpc) is 2.71. The molecule has 0 bridgehead atoms. The predicted molar refractivity (Wildman–Crippen MR) is 64.2 cm³/mol. The molecular weight excluding hydrogens is 258 g/mol. The summed E-state index contributed by atoms with van der Waals surface area (Å²) in [5.74, 6) is -1.71. The number of carboxylic acids is 1. The van der Waals surface area contributed by atoms with Crippen LogP contribution < -0.4 is 0 Å². The Kier molecular flexibility index (Phi) is 5.02. The van der Waals surface area contributed by atoms with Gasteiger partial charge in [-0.25, -0.2) is 8.78 Å². The number of rotatable bonds is 6. The molecule has 0 radical (unpaired) electrons. The third-order valence-electron chi connectivity index (χ3n) is 2.57. The summed E-state index contributed by atoms with van der Waals surface area (Å²) in [6.45, 7) is 2.28. The first-order valence-corrected chi connectivity index (χ1v) is 5.79. The minimum atomic E-state index is -2.58. The van der Waals surface area contributed by atoms with Gasteiger partial charge in [-0.05, 0) is 26.0 Å². The molecule has 0 aliphatic rings. The third kappa shape index (κ3) is 4.04. The topological polar surface area (TPSA) is 62.5 Å². The van der Waals surface area contributed by atoms with Crippen LogP contribution in [0.5, 0.6) is 0 Å². The molecule has 0 atom stereocenters. The van der Waals surface area contributed by atoms with Gasteiger partial charge in [-0.3, -0.25) is 9.59 Å². The molecule has 106 valence electrons. The van der Waals surface area contributed by atoms with Crippen molar-refractivity contribution in [1.82, 2.24) is 9.47 Å². The molecule has 0 aliphatic carbocycles. The van der Waals surface area contributed by atoms with Gasteiger partial charge in [0.25, 0.3) is 12.3 Å². The Morgan fingerprint density at radius 3 is 2.53 bits per heavy atom. The van der Waals surface area contributed by atoms with Crippen LogP contribution in [0.2, 0.25) is 0 Å². The zero-order valence-electron chi connectivity index (χ0n) is 10.7.